The highest BCUT2D eigenvalue weighted by Gasteiger charge is 2.32. The summed E-state index contributed by atoms with van der Waals surface area (Å²) in [5.41, 5.74) is 1.12. The predicted molar refractivity (Wildman–Crippen MR) is 57.0 cm³/mol. The van der Waals surface area contributed by atoms with Gasteiger partial charge in [-0.2, -0.15) is 0 Å². The van der Waals surface area contributed by atoms with Crippen LogP contribution >= 0.6 is 0 Å². The standard InChI is InChI=1S/C12H11NO3/c1-7(14)6-10-8-4-2-3-5-9(8)11(15)13-12(10)16/h2-5,10H,6H2,1H3,(H,13,15,16). The van der Waals surface area contributed by atoms with Crippen molar-refractivity contribution in [3.05, 3.63) is 35.4 Å². The molecule has 0 saturated heterocycles. The lowest BCUT2D eigenvalue weighted by Gasteiger charge is -2.23. The van der Waals surface area contributed by atoms with E-state index < -0.39 is 5.92 Å². The Hall–Kier alpha value is -1.97. The van der Waals surface area contributed by atoms with Crippen molar-refractivity contribution in [1.82, 2.24) is 5.32 Å². The second-order valence-corrected chi connectivity index (χ2v) is 3.86. The Labute approximate surface area is 92.6 Å². The third kappa shape index (κ3) is 1.74. The van der Waals surface area contributed by atoms with Gasteiger partial charge in [-0.15, -0.1) is 0 Å². The van der Waals surface area contributed by atoms with Crippen molar-refractivity contribution in [3.63, 3.8) is 0 Å². The average molecular weight is 217 g/mol. The topological polar surface area (TPSA) is 63.2 Å². The first-order valence-electron chi connectivity index (χ1n) is 5.03. The van der Waals surface area contributed by atoms with E-state index in [0.717, 1.165) is 0 Å². The third-order valence-corrected chi connectivity index (χ3v) is 2.63. The fourth-order valence-electron chi connectivity index (χ4n) is 1.91. The zero-order valence-electron chi connectivity index (χ0n) is 8.82. The molecule has 1 atom stereocenters. The average Bonchev–Trinajstić information content (AvgIpc) is 2.24. The van der Waals surface area contributed by atoms with Gasteiger partial charge in [0.05, 0.1) is 5.92 Å². The molecule has 1 heterocycles. The summed E-state index contributed by atoms with van der Waals surface area (Å²) >= 11 is 0. The van der Waals surface area contributed by atoms with E-state index in [1.807, 2.05) is 0 Å². The molecule has 2 rings (SSSR count). The molecule has 1 aliphatic heterocycles. The zero-order chi connectivity index (χ0) is 11.7. The SMILES string of the molecule is CC(=O)CC1C(=O)NC(=O)c2ccccc21. The van der Waals surface area contributed by atoms with E-state index in [9.17, 15) is 14.4 Å². The van der Waals surface area contributed by atoms with Crippen LogP contribution < -0.4 is 5.32 Å². The molecule has 0 radical (unpaired) electrons. The summed E-state index contributed by atoms with van der Waals surface area (Å²) in [6.07, 6.45) is 0.135. The molecule has 0 aromatic heterocycles. The highest BCUT2D eigenvalue weighted by atomic mass is 16.2. The number of hydrogen-bond acceptors (Lipinski definition) is 3. The Bertz CT molecular complexity index is 479. The minimum atomic E-state index is -0.536. The molecule has 0 bridgehead atoms. The van der Waals surface area contributed by atoms with Crippen LogP contribution in [0.25, 0.3) is 0 Å². The van der Waals surface area contributed by atoms with Crippen molar-refractivity contribution < 1.29 is 14.4 Å². The Morgan fingerprint density at radius 1 is 1.31 bits per heavy atom. The summed E-state index contributed by atoms with van der Waals surface area (Å²) in [6, 6.07) is 6.88. The summed E-state index contributed by atoms with van der Waals surface area (Å²) in [5.74, 6) is -1.38. The van der Waals surface area contributed by atoms with Gasteiger partial charge in [0.15, 0.2) is 0 Å². The van der Waals surface area contributed by atoms with Gasteiger partial charge in [-0.1, -0.05) is 18.2 Å². The van der Waals surface area contributed by atoms with Crippen molar-refractivity contribution in [3.8, 4) is 0 Å². The Morgan fingerprint density at radius 3 is 2.69 bits per heavy atom. The number of carbonyl (C=O) groups excluding carboxylic acids is 3. The number of rotatable bonds is 2. The third-order valence-electron chi connectivity index (χ3n) is 2.63. The van der Waals surface area contributed by atoms with Gasteiger partial charge in [0.1, 0.15) is 5.78 Å². The molecule has 4 nitrogen and oxygen atoms in total. The Morgan fingerprint density at radius 2 is 2.00 bits per heavy atom. The highest BCUT2D eigenvalue weighted by Crippen LogP contribution is 2.27. The van der Waals surface area contributed by atoms with Gasteiger partial charge >= 0.3 is 0 Å². The summed E-state index contributed by atoms with van der Waals surface area (Å²) in [7, 11) is 0. The van der Waals surface area contributed by atoms with Crippen LogP contribution in [0.15, 0.2) is 24.3 Å². The molecule has 82 valence electrons. The maximum atomic E-state index is 11.6. The number of hydrogen-bond donors (Lipinski definition) is 1. The lowest BCUT2D eigenvalue weighted by atomic mass is 9.86. The molecule has 1 aromatic rings. The molecule has 1 aromatic carbocycles. The Kier molecular flexibility index (Phi) is 2.56. The van der Waals surface area contributed by atoms with Crippen LogP contribution in [0.3, 0.4) is 0 Å². The fourth-order valence-corrected chi connectivity index (χ4v) is 1.91. The van der Waals surface area contributed by atoms with Crippen molar-refractivity contribution >= 4 is 17.6 Å². The fraction of sp³-hybridized carbons (Fsp3) is 0.250. The molecule has 2 amide bonds. The van der Waals surface area contributed by atoms with Crippen LogP contribution in [0.4, 0.5) is 0 Å². The van der Waals surface area contributed by atoms with Crippen LogP contribution in [-0.2, 0) is 9.59 Å². The maximum Gasteiger partial charge on any atom is 0.258 e. The van der Waals surface area contributed by atoms with E-state index >= 15 is 0 Å². The van der Waals surface area contributed by atoms with E-state index in [1.54, 1.807) is 24.3 Å². The number of amides is 2. The van der Waals surface area contributed by atoms with Gasteiger partial charge < -0.3 is 0 Å². The predicted octanol–water partition coefficient (Wildman–Crippen LogP) is 1.02. The van der Waals surface area contributed by atoms with Crippen LogP contribution in [0, 0.1) is 0 Å². The van der Waals surface area contributed by atoms with Crippen molar-refractivity contribution in [1.29, 1.82) is 0 Å². The highest BCUT2D eigenvalue weighted by molar-refractivity contribution is 6.12. The largest absolute Gasteiger partial charge is 0.300 e. The minimum Gasteiger partial charge on any atom is -0.300 e. The number of benzene rings is 1. The van der Waals surface area contributed by atoms with Crippen LogP contribution in [0.2, 0.25) is 0 Å². The summed E-state index contributed by atoms with van der Waals surface area (Å²) in [5, 5.41) is 2.26. The van der Waals surface area contributed by atoms with Gasteiger partial charge in [0, 0.05) is 12.0 Å². The number of Topliss-reactive ketones (excluding diaryl/α,β-unsaturated/α-hetero) is 1. The molecule has 1 unspecified atom stereocenters. The van der Waals surface area contributed by atoms with Crippen molar-refractivity contribution in [2.45, 2.75) is 19.3 Å². The molecule has 16 heavy (non-hydrogen) atoms. The van der Waals surface area contributed by atoms with E-state index in [-0.39, 0.29) is 24.0 Å². The molecule has 1 N–H and O–H groups in total. The van der Waals surface area contributed by atoms with E-state index in [4.69, 9.17) is 0 Å². The quantitative estimate of drug-likeness (QED) is 0.752. The number of imide groups is 1. The summed E-state index contributed by atoms with van der Waals surface area (Å²) in [6.45, 7) is 1.44. The second kappa shape index (κ2) is 3.89. The molecular weight excluding hydrogens is 206 g/mol. The van der Waals surface area contributed by atoms with E-state index in [0.29, 0.717) is 11.1 Å². The number of ketones is 1. The zero-order valence-corrected chi connectivity index (χ0v) is 8.82. The van der Waals surface area contributed by atoms with Crippen LogP contribution in [0.5, 0.6) is 0 Å². The van der Waals surface area contributed by atoms with Gasteiger partial charge in [-0.05, 0) is 18.6 Å². The molecule has 0 fully saturated rings. The molecule has 1 aliphatic rings. The first kappa shape index (κ1) is 10.5. The summed E-state index contributed by atoms with van der Waals surface area (Å²) < 4.78 is 0. The van der Waals surface area contributed by atoms with Crippen LogP contribution in [-0.4, -0.2) is 17.6 Å². The molecule has 0 saturated carbocycles. The first-order chi connectivity index (χ1) is 7.59. The normalized spacial score (nSPS) is 18.9. The van der Waals surface area contributed by atoms with Crippen LogP contribution in [0.1, 0.15) is 35.2 Å². The number of nitrogens with one attached hydrogen (secondary N) is 1. The van der Waals surface area contributed by atoms with Gasteiger partial charge in [-0.3, -0.25) is 19.7 Å². The first-order valence-corrected chi connectivity index (χ1v) is 5.03. The molecule has 0 aliphatic carbocycles. The Balaban J connectivity index is 2.46. The molecule has 0 spiro atoms. The minimum absolute atomic E-state index is 0.0655. The number of carbonyl (C=O) groups is 3. The lowest BCUT2D eigenvalue weighted by molar-refractivity contribution is -0.125. The summed E-state index contributed by atoms with van der Waals surface area (Å²) in [4.78, 5) is 34.2. The smallest absolute Gasteiger partial charge is 0.258 e. The van der Waals surface area contributed by atoms with Gasteiger partial charge in [-0.25, -0.2) is 0 Å². The monoisotopic (exact) mass is 217 g/mol. The van der Waals surface area contributed by atoms with Gasteiger partial charge in [0.2, 0.25) is 5.91 Å². The molecule has 4 heteroatoms. The van der Waals surface area contributed by atoms with Crippen molar-refractivity contribution in [2.24, 2.45) is 0 Å². The van der Waals surface area contributed by atoms with E-state index in [1.165, 1.54) is 6.92 Å². The lowest BCUT2D eigenvalue weighted by Crippen LogP contribution is -2.40. The maximum absolute atomic E-state index is 11.6. The van der Waals surface area contributed by atoms with Gasteiger partial charge in [0.25, 0.3) is 5.91 Å². The van der Waals surface area contributed by atoms with Crippen molar-refractivity contribution in [2.75, 3.05) is 0 Å². The second-order valence-electron chi connectivity index (χ2n) is 3.86. The van der Waals surface area contributed by atoms with E-state index in [2.05, 4.69) is 5.32 Å². The number of fused-ring (bicyclic) bond motifs is 1. The molecular formula is C12H11NO3.